The Kier molecular flexibility index (Phi) is 5.64. The van der Waals surface area contributed by atoms with Crippen LogP contribution in [0, 0.1) is 25.2 Å². The molecule has 6 heteroatoms. The van der Waals surface area contributed by atoms with E-state index in [0.29, 0.717) is 26.9 Å². The van der Waals surface area contributed by atoms with E-state index in [2.05, 4.69) is 11.1 Å². The Morgan fingerprint density at radius 2 is 2.00 bits per heavy atom. The number of carbonyl (C=O) groups is 1. The summed E-state index contributed by atoms with van der Waals surface area (Å²) in [6.07, 6.45) is 0. The fourth-order valence-electron chi connectivity index (χ4n) is 2.06. The summed E-state index contributed by atoms with van der Waals surface area (Å²) in [4.78, 5) is 18.3. The number of nitriles is 1. The van der Waals surface area contributed by atoms with Crippen molar-refractivity contribution < 1.29 is 4.79 Å². The molecule has 2 aromatic rings. The van der Waals surface area contributed by atoms with Crippen LogP contribution in [0.25, 0.3) is 0 Å². The molecule has 0 spiro atoms. The summed E-state index contributed by atoms with van der Waals surface area (Å²) in [5, 5.41) is 10.4. The fourth-order valence-corrected chi connectivity index (χ4v) is 3.19. The molecule has 1 aromatic heterocycles. The van der Waals surface area contributed by atoms with E-state index in [-0.39, 0.29) is 11.7 Å². The van der Waals surface area contributed by atoms with Gasteiger partial charge in [-0.3, -0.25) is 4.79 Å². The summed E-state index contributed by atoms with van der Waals surface area (Å²) in [6, 6.07) is 11.5. The number of thioether (sulfide) groups is 1. The third-order valence-electron chi connectivity index (χ3n) is 3.47. The van der Waals surface area contributed by atoms with Crippen LogP contribution >= 0.6 is 23.4 Å². The maximum Gasteiger partial charge on any atom is 0.237 e. The highest BCUT2D eigenvalue weighted by Gasteiger charge is 2.17. The Morgan fingerprint density at radius 3 is 2.61 bits per heavy atom. The molecule has 0 N–H and O–H groups in total. The quantitative estimate of drug-likeness (QED) is 0.786. The lowest BCUT2D eigenvalue weighted by Crippen LogP contribution is -2.27. The number of hydrogen-bond acceptors (Lipinski definition) is 4. The van der Waals surface area contributed by atoms with Gasteiger partial charge >= 0.3 is 0 Å². The first-order chi connectivity index (χ1) is 11.0. The summed E-state index contributed by atoms with van der Waals surface area (Å²) >= 11 is 7.39. The summed E-state index contributed by atoms with van der Waals surface area (Å²) in [6.45, 7) is 3.58. The molecule has 0 saturated heterocycles. The average molecular weight is 346 g/mol. The van der Waals surface area contributed by atoms with E-state index >= 15 is 0 Å². The Bertz CT molecular complexity index is 772. The molecule has 0 bridgehead atoms. The minimum Gasteiger partial charge on any atom is -0.315 e. The molecule has 0 saturated carbocycles. The van der Waals surface area contributed by atoms with Gasteiger partial charge in [0.05, 0.1) is 22.0 Å². The van der Waals surface area contributed by atoms with Crippen molar-refractivity contribution >= 4 is 35.0 Å². The zero-order chi connectivity index (χ0) is 17.0. The number of nitrogens with zero attached hydrogens (tertiary/aromatic N) is 3. The molecule has 1 heterocycles. The van der Waals surface area contributed by atoms with Crippen molar-refractivity contribution in [2.75, 3.05) is 17.7 Å². The van der Waals surface area contributed by atoms with Crippen LogP contribution in [0.15, 0.2) is 35.4 Å². The number of anilines is 1. The van der Waals surface area contributed by atoms with E-state index in [4.69, 9.17) is 11.6 Å². The van der Waals surface area contributed by atoms with Crippen molar-refractivity contribution in [2.45, 2.75) is 18.9 Å². The fraction of sp³-hybridized carbons (Fsp3) is 0.235. The summed E-state index contributed by atoms with van der Waals surface area (Å²) in [5.41, 5.74) is 2.62. The molecule has 0 aliphatic heterocycles. The molecule has 0 fully saturated rings. The molecule has 0 aliphatic carbocycles. The van der Waals surface area contributed by atoms with Crippen LogP contribution in [0.3, 0.4) is 0 Å². The van der Waals surface area contributed by atoms with Gasteiger partial charge < -0.3 is 4.90 Å². The van der Waals surface area contributed by atoms with Gasteiger partial charge in [-0.2, -0.15) is 5.26 Å². The third kappa shape index (κ3) is 3.84. The second-order valence-corrected chi connectivity index (χ2v) is 6.35. The van der Waals surface area contributed by atoms with E-state index in [1.54, 1.807) is 25.8 Å². The van der Waals surface area contributed by atoms with Gasteiger partial charge in [0.25, 0.3) is 0 Å². The van der Waals surface area contributed by atoms with Gasteiger partial charge in [-0.05, 0) is 31.5 Å². The minimum absolute atomic E-state index is 0.0582. The molecule has 0 radical (unpaired) electrons. The molecule has 0 aliphatic rings. The van der Waals surface area contributed by atoms with Crippen molar-refractivity contribution in [1.82, 2.24) is 4.98 Å². The number of pyridine rings is 1. The second-order valence-electron chi connectivity index (χ2n) is 5.01. The number of aryl methyl sites for hydroxylation is 1. The Balaban J connectivity index is 2.15. The SMILES string of the molecule is Cc1nc(SCC(=O)N(C)c2ccccc2)c(C#N)c(C)c1Cl. The van der Waals surface area contributed by atoms with Gasteiger partial charge in [-0.25, -0.2) is 4.98 Å². The van der Waals surface area contributed by atoms with Crippen LogP contribution < -0.4 is 4.90 Å². The van der Waals surface area contributed by atoms with E-state index in [1.807, 2.05) is 30.3 Å². The lowest BCUT2D eigenvalue weighted by Gasteiger charge is -2.17. The maximum atomic E-state index is 12.3. The monoisotopic (exact) mass is 345 g/mol. The summed E-state index contributed by atoms with van der Waals surface area (Å²) in [7, 11) is 1.73. The molecule has 0 atom stereocenters. The maximum absolute atomic E-state index is 12.3. The molecule has 118 valence electrons. The minimum atomic E-state index is -0.0582. The number of benzene rings is 1. The van der Waals surface area contributed by atoms with Crippen molar-refractivity contribution in [1.29, 1.82) is 5.26 Å². The first kappa shape index (κ1) is 17.3. The second kappa shape index (κ2) is 7.49. The van der Waals surface area contributed by atoms with Gasteiger partial charge in [0.2, 0.25) is 5.91 Å². The standard InChI is InChI=1S/C17H16ClN3OS/c1-11-14(9-19)17(20-12(2)16(11)18)23-10-15(22)21(3)13-7-5-4-6-8-13/h4-8H,10H2,1-3H3. The normalized spacial score (nSPS) is 10.2. The van der Waals surface area contributed by atoms with Crippen molar-refractivity contribution in [3.8, 4) is 6.07 Å². The van der Waals surface area contributed by atoms with Crippen LogP contribution in [-0.2, 0) is 4.79 Å². The number of halogens is 1. The Morgan fingerprint density at radius 1 is 1.35 bits per heavy atom. The molecule has 1 aromatic carbocycles. The van der Waals surface area contributed by atoms with Crippen LogP contribution in [0.4, 0.5) is 5.69 Å². The number of rotatable bonds is 4. The van der Waals surface area contributed by atoms with Gasteiger partial charge in [0.15, 0.2) is 0 Å². The van der Waals surface area contributed by atoms with Crippen LogP contribution in [0.5, 0.6) is 0 Å². The van der Waals surface area contributed by atoms with E-state index < -0.39 is 0 Å². The van der Waals surface area contributed by atoms with Crippen LogP contribution in [0.1, 0.15) is 16.8 Å². The molecule has 0 unspecified atom stereocenters. The van der Waals surface area contributed by atoms with Crippen molar-refractivity contribution in [3.05, 3.63) is 52.2 Å². The zero-order valence-electron chi connectivity index (χ0n) is 13.1. The number of aromatic nitrogens is 1. The summed E-state index contributed by atoms with van der Waals surface area (Å²) in [5.74, 6) is 0.144. The molecule has 2 rings (SSSR count). The predicted octanol–water partition coefficient (Wildman–Crippen LogP) is 3.98. The molecular weight excluding hydrogens is 330 g/mol. The smallest absolute Gasteiger partial charge is 0.237 e. The molecule has 23 heavy (non-hydrogen) atoms. The topological polar surface area (TPSA) is 57.0 Å². The number of carbonyl (C=O) groups excluding carboxylic acids is 1. The first-order valence-corrected chi connectivity index (χ1v) is 8.33. The van der Waals surface area contributed by atoms with Gasteiger partial charge in [-0.1, -0.05) is 41.6 Å². The van der Waals surface area contributed by atoms with Gasteiger partial charge in [-0.15, -0.1) is 0 Å². The van der Waals surface area contributed by atoms with Crippen LogP contribution in [0.2, 0.25) is 5.02 Å². The number of hydrogen-bond donors (Lipinski definition) is 0. The highest BCUT2D eigenvalue weighted by atomic mass is 35.5. The molecule has 4 nitrogen and oxygen atoms in total. The predicted molar refractivity (Wildman–Crippen MR) is 94.0 cm³/mol. The molecular formula is C17H16ClN3OS. The first-order valence-electron chi connectivity index (χ1n) is 6.97. The lowest BCUT2D eigenvalue weighted by atomic mass is 10.1. The van der Waals surface area contributed by atoms with Gasteiger partial charge in [0, 0.05) is 12.7 Å². The van der Waals surface area contributed by atoms with Gasteiger partial charge in [0.1, 0.15) is 11.1 Å². The Labute approximate surface area is 145 Å². The summed E-state index contributed by atoms with van der Waals surface area (Å²) < 4.78 is 0. The molecule has 1 amide bonds. The zero-order valence-corrected chi connectivity index (χ0v) is 14.7. The van der Waals surface area contributed by atoms with Crippen molar-refractivity contribution in [3.63, 3.8) is 0 Å². The number of amides is 1. The average Bonchev–Trinajstić information content (AvgIpc) is 2.57. The lowest BCUT2D eigenvalue weighted by molar-refractivity contribution is -0.115. The highest BCUT2D eigenvalue weighted by molar-refractivity contribution is 8.00. The largest absolute Gasteiger partial charge is 0.315 e. The highest BCUT2D eigenvalue weighted by Crippen LogP contribution is 2.29. The van der Waals surface area contributed by atoms with Crippen LogP contribution in [-0.4, -0.2) is 23.7 Å². The van der Waals surface area contributed by atoms with E-state index in [1.165, 1.54) is 11.8 Å². The van der Waals surface area contributed by atoms with Crippen molar-refractivity contribution in [2.24, 2.45) is 0 Å². The number of para-hydroxylation sites is 1. The Hall–Kier alpha value is -2.03. The van der Waals surface area contributed by atoms with E-state index in [0.717, 1.165) is 5.69 Å². The third-order valence-corrected chi connectivity index (χ3v) is 4.98. The van der Waals surface area contributed by atoms with E-state index in [9.17, 15) is 10.1 Å².